The maximum Gasteiger partial charge on any atom is 0.317 e. The number of carbonyl (C=O) groups is 2. The number of nitrogens with one attached hydrogen (secondary N) is 1. The number of carboxylic acids is 1. The monoisotopic (exact) mass is 334 g/mol. The summed E-state index contributed by atoms with van der Waals surface area (Å²) in [6.07, 6.45) is 1.15. The van der Waals surface area contributed by atoms with Crippen LogP contribution in [0.1, 0.15) is 45.2 Å². The van der Waals surface area contributed by atoms with E-state index in [1.807, 2.05) is 45.0 Å². The lowest BCUT2D eigenvalue weighted by atomic mass is 9.97. The van der Waals surface area contributed by atoms with Crippen LogP contribution < -0.4 is 10.1 Å². The van der Waals surface area contributed by atoms with Gasteiger partial charge in [0.2, 0.25) is 0 Å². The van der Waals surface area contributed by atoms with Crippen molar-refractivity contribution in [1.82, 2.24) is 10.2 Å². The van der Waals surface area contributed by atoms with E-state index in [2.05, 4.69) is 5.32 Å². The first-order valence-electron chi connectivity index (χ1n) is 8.41. The first-order chi connectivity index (χ1) is 11.4. The molecule has 0 aliphatic carbocycles. The fourth-order valence-electron chi connectivity index (χ4n) is 2.80. The van der Waals surface area contributed by atoms with Crippen LogP contribution in [0.5, 0.6) is 5.75 Å². The summed E-state index contributed by atoms with van der Waals surface area (Å²) >= 11 is 0. The standard InChI is InChI=1S/C18H26N2O4/c1-12(2)24-16-6-4-14(5-7-16)13(3)19-18(23)20-10-8-15(9-11-20)17(21)22/h4-7,12-13,15H,8-11H2,1-3H3,(H,19,23)(H,21,22). The van der Waals surface area contributed by atoms with Crippen molar-refractivity contribution in [1.29, 1.82) is 0 Å². The van der Waals surface area contributed by atoms with Gasteiger partial charge in [-0.1, -0.05) is 12.1 Å². The topological polar surface area (TPSA) is 78.9 Å². The van der Waals surface area contributed by atoms with Crippen LogP contribution in [-0.2, 0) is 4.79 Å². The molecule has 1 aromatic carbocycles. The molecular formula is C18H26N2O4. The summed E-state index contributed by atoms with van der Waals surface area (Å²) < 4.78 is 5.61. The van der Waals surface area contributed by atoms with Crippen molar-refractivity contribution in [3.63, 3.8) is 0 Å². The van der Waals surface area contributed by atoms with Crippen LogP contribution in [0, 0.1) is 5.92 Å². The highest BCUT2D eigenvalue weighted by Crippen LogP contribution is 2.20. The third kappa shape index (κ3) is 4.88. The molecule has 1 atom stereocenters. The predicted octanol–water partition coefficient (Wildman–Crippen LogP) is 3.04. The molecule has 0 spiro atoms. The van der Waals surface area contributed by atoms with E-state index in [1.165, 1.54) is 0 Å². The molecule has 0 aromatic heterocycles. The van der Waals surface area contributed by atoms with E-state index in [-0.39, 0.29) is 24.1 Å². The Morgan fingerprint density at radius 3 is 2.25 bits per heavy atom. The Morgan fingerprint density at radius 2 is 1.75 bits per heavy atom. The average Bonchev–Trinajstić information content (AvgIpc) is 2.55. The van der Waals surface area contributed by atoms with Crippen molar-refractivity contribution in [2.45, 2.75) is 45.8 Å². The summed E-state index contributed by atoms with van der Waals surface area (Å²) in [4.78, 5) is 25.0. The lowest BCUT2D eigenvalue weighted by Gasteiger charge is -2.31. The number of hydrogen-bond acceptors (Lipinski definition) is 3. The van der Waals surface area contributed by atoms with Gasteiger partial charge < -0.3 is 20.1 Å². The molecule has 1 heterocycles. The van der Waals surface area contributed by atoms with Crippen LogP contribution >= 0.6 is 0 Å². The van der Waals surface area contributed by atoms with Crippen LogP contribution in [0.4, 0.5) is 4.79 Å². The minimum Gasteiger partial charge on any atom is -0.491 e. The number of carboxylic acid groups (broad SMARTS) is 1. The highest BCUT2D eigenvalue weighted by Gasteiger charge is 2.27. The van der Waals surface area contributed by atoms with Gasteiger partial charge in [0.25, 0.3) is 0 Å². The zero-order valence-corrected chi connectivity index (χ0v) is 14.5. The maximum absolute atomic E-state index is 12.3. The number of aliphatic carboxylic acids is 1. The summed E-state index contributed by atoms with van der Waals surface area (Å²) in [5, 5.41) is 12.0. The molecule has 1 saturated heterocycles. The molecule has 2 rings (SSSR count). The number of carbonyl (C=O) groups excluding carboxylic acids is 1. The number of benzene rings is 1. The maximum atomic E-state index is 12.3. The number of nitrogens with zero attached hydrogens (tertiary/aromatic N) is 1. The average molecular weight is 334 g/mol. The highest BCUT2D eigenvalue weighted by atomic mass is 16.5. The second-order valence-corrected chi connectivity index (χ2v) is 6.51. The molecule has 1 aliphatic rings. The first-order valence-corrected chi connectivity index (χ1v) is 8.41. The fourth-order valence-corrected chi connectivity index (χ4v) is 2.80. The van der Waals surface area contributed by atoms with Crippen LogP contribution in [0.15, 0.2) is 24.3 Å². The number of ether oxygens (including phenoxy) is 1. The van der Waals surface area contributed by atoms with Gasteiger partial charge in [0.1, 0.15) is 5.75 Å². The number of rotatable bonds is 5. The molecule has 0 saturated carbocycles. The van der Waals surface area contributed by atoms with Gasteiger partial charge in [0.05, 0.1) is 18.1 Å². The van der Waals surface area contributed by atoms with Gasteiger partial charge in [-0.2, -0.15) is 0 Å². The Hall–Kier alpha value is -2.24. The second-order valence-electron chi connectivity index (χ2n) is 6.51. The Bertz CT molecular complexity index is 563. The van der Waals surface area contributed by atoms with Gasteiger partial charge in [-0.3, -0.25) is 4.79 Å². The molecule has 0 bridgehead atoms. The quantitative estimate of drug-likeness (QED) is 0.867. The molecule has 6 heteroatoms. The molecule has 2 amide bonds. The minimum absolute atomic E-state index is 0.122. The molecule has 24 heavy (non-hydrogen) atoms. The van der Waals surface area contributed by atoms with Gasteiger partial charge in [-0.25, -0.2) is 4.79 Å². The second kappa shape index (κ2) is 8.04. The van der Waals surface area contributed by atoms with E-state index >= 15 is 0 Å². The summed E-state index contributed by atoms with van der Waals surface area (Å²) in [5.41, 5.74) is 1.000. The van der Waals surface area contributed by atoms with E-state index in [1.54, 1.807) is 4.90 Å². The van der Waals surface area contributed by atoms with E-state index in [0.29, 0.717) is 25.9 Å². The van der Waals surface area contributed by atoms with Crippen LogP contribution in [-0.4, -0.2) is 41.2 Å². The van der Waals surface area contributed by atoms with Gasteiger partial charge in [0.15, 0.2) is 0 Å². The van der Waals surface area contributed by atoms with Crippen LogP contribution in [0.25, 0.3) is 0 Å². The smallest absolute Gasteiger partial charge is 0.317 e. The zero-order valence-electron chi connectivity index (χ0n) is 14.5. The molecule has 0 radical (unpaired) electrons. The Labute approximate surface area is 142 Å². The summed E-state index contributed by atoms with van der Waals surface area (Å²) in [6.45, 7) is 6.85. The minimum atomic E-state index is -0.771. The molecule has 6 nitrogen and oxygen atoms in total. The molecule has 1 aliphatic heterocycles. The van der Waals surface area contributed by atoms with Gasteiger partial charge in [0, 0.05) is 13.1 Å². The molecule has 132 valence electrons. The molecule has 1 aromatic rings. The normalized spacial score (nSPS) is 16.8. The Balaban J connectivity index is 1.86. The highest BCUT2D eigenvalue weighted by molar-refractivity contribution is 5.75. The molecule has 1 fully saturated rings. The Kier molecular flexibility index (Phi) is 6.06. The first kappa shape index (κ1) is 18.1. The predicted molar refractivity (Wildman–Crippen MR) is 91.1 cm³/mol. The SMILES string of the molecule is CC(C)Oc1ccc(C(C)NC(=O)N2CCC(C(=O)O)CC2)cc1. The summed E-state index contributed by atoms with van der Waals surface area (Å²) in [7, 11) is 0. The fraction of sp³-hybridized carbons (Fsp3) is 0.556. The van der Waals surface area contributed by atoms with E-state index in [0.717, 1.165) is 11.3 Å². The zero-order chi connectivity index (χ0) is 17.7. The van der Waals surface area contributed by atoms with E-state index in [9.17, 15) is 9.59 Å². The largest absolute Gasteiger partial charge is 0.491 e. The van der Waals surface area contributed by atoms with E-state index in [4.69, 9.17) is 9.84 Å². The third-order valence-electron chi connectivity index (χ3n) is 4.22. The molecule has 1 unspecified atom stereocenters. The van der Waals surface area contributed by atoms with Gasteiger partial charge in [-0.05, 0) is 51.3 Å². The van der Waals surface area contributed by atoms with Crippen molar-refractivity contribution in [3.05, 3.63) is 29.8 Å². The van der Waals surface area contributed by atoms with Gasteiger partial charge in [-0.15, -0.1) is 0 Å². The van der Waals surface area contributed by atoms with Crippen molar-refractivity contribution in [3.8, 4) is 5.75 Å². The van der Waals surface area contributed by atoms with Crippen molar-refractivity contribution >= 4 is 12.0 Å². The number of urea groups is 1. The molecular weight excluding hydrogens is 308 g/mol. The van der Waals surface area contributed by atoms with Crippen molar-refractivity contribution in [2.24, 2.45) is 5.92 Å². The number of likely N-dealkylation sites (tertiary alicyclic amines) is 1. The molecule has 2 N–H and O–H groups in total. The number of amides is 2. The van der Waals surface area contributed by atoms with Crippen LogP contribution in [0.3, 0.4) is 0 Å². The van der Waals surface area contributed by atoms with Crippen molar-refractivity contribution < 1.29 is 19.4 Å². The number of piperidine rings is 1. The van der Waals surface area contributed by atoms with Crippen molar-refractivity contribution in [2.75, 3.05) is 13.1 Å². The number of hydrogen-bond donors (Lipinski definition) is 2. The van der Waals surface area contributed by atoms with Gasteiger partial charge >= 0.3 is 12.0 Å². The Morgan fingerprint density at radius 1 is 1.17 bits per heavy atom. The summed E-state index contributed by atoms with van der Waals surface area (Å²) in [6, 6.07) is 7.42. The van der Waals surface area contributed by atoms with E-state index < -0.39 is 5.97 Å². The van der Waals surface area contributed by atoms with Crippen LogP contribution in [0.2, 0.25) is 0 Å². The summed E-state index contributed by atoms with van der Waals surface area (Å²) in [5.74, 6) is -0.296. The lowest BCUT2D eigenvalue weighted by Crippen LogP contribution is -2.46. The third-order valence-corrected chi connectivity index (χ3v) is 4.22. The lowest BCUT2D eigenvalue weighted by molar-refractivity contribution is -0.143.